The van der Waals surface area contributed by atoms with Crippen LogP contribution in [0.2, 0.25) is 5.02 Å². The number of likely N-dealkylation sites (N-methyl/N-ethyl adjacent to an activating group) is 1. The van der Waals surface area contributed by atoms with Crippen LogP contribution in [0.25, 0.3) is 0 Å². The van der Waals surface area contributed by atoms with Crippen molar-refractivity contribution in [2.24, 2.45) is 11.8 Å². The van der Waals surface area contributed by atoms with Gasteiger partial charge in [-0.2, -0.15) is 0 Å². The number of halogens is 1. The van der Waals surface area contributed by atoms with E-state index in [1.165, 1.54) is 19.5 Å². The Balaban J connectivity index is 3.11. The molecule has 0 aliphatic carbocycles. The van der Waals surface area contributed by atoms with Crippen molar-refractivity contribution in [2.45, 2.75) is 45.3 Å². The third-order valence-corrected chi connectivity index (χ3v) is 4.81. The van der Waals surface area contributed by atoms with Crippen LogP contribution in [0.15, 0.2) is 24.3 Å². The lowest BCUT2D eigenvalue weighted by Crippen LogP contribution is -2.60. The quantitative estimate of drug-likeness (QED) is 0.305. The van der Waals surface area contributed by atoms with Gasteiger partial charge in [0, 0.05) is 18.5 Å². The minimum absolute atomic E-state index is 0.0329. The second kappa shape index (κ2) is 10.4. The molecule has 3 atom stereocenters. The van der Waals surface area contributed by atoms with E-state index >= 15 is 0 Å². The van der Waals surface area contributed by atoms with E-state index in [9.17, 15) is 19.5 Å². The number of aliphatic hydroxyl groups is 1. The molecule has 1 aromatic carbocycles. The van der Waals surface area contributed by atoms with E-state index < -0.39 is 35.3 Å². The predicted octanol–water partition coefficient (Wildman–Crippen LogP) is 1.03. The third kappa shape index (κ3) is 6.19. The number of benzene rings is 1. The molecule has 156 valence electrons. The van der Waals surface area contributed by atoms with Crippen molar-refractivity contribution in [1.82, 2.24) is 16.1 Å². The Morgan fingerprint density at radius 2 is 1.68 bits per heavy atom. The Morgan fingerprint density at radius 1 is 1.11 bits per heavy atom. The Labute approximate surface area is 169 Å². The Hall–Kier alpha value is -2.16. The normalized spacial score (nSPS) is 15.3. The lowest BCUT2D eigenvalue weighted by atomic mass is 9.80. The number of amides is 3. The number of hydrogen-bond acceptors (Lipinski definition) is 5. The second-order valence-electron chi connectivity index (χ2n) is 7.19. The summed E-state index contributed by atoms with van der Waals surface area (Å²) in [5.74, 6) is -3.57. The van der Waals surface area contributed by atoms with Gasteiger partial charge >= 0.3 is 0 Å². The number of hydrogen-bond donors (Lipinski definition) is 5. The summed E-state index contributed by atoms with van der Waals surface area (Å²) in [6.45, 7) is 4.90. The molecule has 0 aliphatic rings. The average molecular weight is 414 g/mol. The van der Waals surface area contributed by atoms with Gasteiger partial charge in [-0.25, -0.2) is 5.48 Å². The third-order valence-electron chi connectivity index (χ3n) is 4.55. The maximum Gasteiger partial charge on any atom is 0.253 e. The molecule has 8 nitrogen and oxygen atoms in total. The van der Waals surface area contributed by atoms with Gasteiger partial charge in [-0.3, -0.25) is 19.6 Å². The summed E-state index contributed by atoms with van der Waals surface area (Å²) < 4.78 is 0. The van der Waals surface area contributed by atoms with Gasteiger partial charge in [-0.05, 0) is 30.0 Å². The fraction of sp³-hybridized carbons (Fsp3) is 0.526. The highest BCUT2D eigenvalue weighted by molar-refractivity contribution is 6.30. The van der Waals surface area contributed by atoms with Crippen molar-refractivity contribution in [1.29, 1.82) is 0 Å². The lowest BCUT2D eigenvalue weighted by molar-refractivity contribution is -0.159. The minimum Gasteiger partial charge on any atom is -0.379 e. The zero-order chi connectivity index (χ0) is 21.5. The number of rotatable bonds is 9. The maximum atomic E-state index is 12.9. The molecular weight excluding hydrogens is 386 g/mol. The molecule has 5 N–H and O–H groups in total. The van der Waals surface area contributed by atoms with E-state index in [-0.39, 0.29) is 18.8 Å². The number of carbonyl (C=O) groups excluding carboxylic acids is 3. The van der Waals surface area contributed by atoms with Crippen LogP contribution in [0.1, 0.15) is 32.8 Å². The first-order valence-electron chi connectivity index (χ1n) is 8.98. The van der Waals surface area contributed by atoms with Crippen LogP contribution in [-0.2, 0) is 20.8 Å². The molecule has 0 aliphatic heterocycles. The molecule has 0 fully saturated rings. The van der Waals surface area contributed by atoms with Crippen molar-refractivity contribution in [2.75, 3.05) is 7.05 Å². The van der Waals surface area contributed by atoms with E-state index in [0.717, 1.165) is 5.56 Å². The second-order valence-corrected chi connectivity index (χ2v) is 7.63. The highest BCUT2D eigenvalue weighted by atomic mass is 35.5. The van der Waals surface area contributed by atoms with Gasteiger partial charge in [-0.1, -0.05) is 44.5 Å². The number of hydroxylamine groups is 1. The summed E-state index contributed by atoms with van der Waals surface area (Å²) in [6.07, 6.45) is 0.135. The fourth-order valence-corrected chi connectivity index (χ4v) is 3.05. The van der Waals surface area contributed by atoms with E-state index in [1.54, 1.807) is 38.1 Å². The van der Waals surface area contributed by atoms with E-state index in [4.69, 9.17) is 16.8 Å². The number of nitrogens with one attached hydrogen (secondary N) is 3. The van der Waals surface area contributed by atoms with Gasteiger partial charge in [-0.15, -0.1) is 0 Å². The molecule has 3 amide bonds. The van der Waals surface area contributed by atoms with Crippen molar-refractivity contribution < 1.29 is 24.7 Å². The minimum atomic E-state index is -2.10. The van der Waals surface area contributed by atoms with Crippen LogP contribution < -0.4 is 16.1 Å². The topological polar surface area (TPSA) is 128 Å². The molecule has 0 bridgehead atoms. The fourth-order valence-electron chi connectivity index (χ4n) is 2.93. The van der Waals surface area contributed by atoms with E-state index in [1.807, 2.05) is 0 Å². The summed E-state index contributed by atoms with van der Waals surface area (Å²) in [6, 6.07) is 5.82. The van der Waals surface area contributed by atoms with Crippen molar-refractivity contribution >= 4 is 29.3 Å². The van der Waals surface area contributed by atoms with E-state index in [0.29, 0.717) is 5.02 Å². The van der Waals surface area contributed by atoms with E-state index in [2.05, 4.69) is 10.6 Å². The van der Waals surface area contributed by atoms with Gasteiger partial charge < -0.3 is 15.7 Å². The van der Waals surface area contributed by atoms with Gasteiger partial charge in [0.2, 0.25) is 11.8 Å². The Morgan fingerprint density at radius 3 is 2.14 bits per heavy atom. The average Bonchev–Trinajstić information content (AvgIpc) is 2.66. The smallest absolute Gasteiger partial charge is 0.253 e. The van der Waals surface area contributed by atoms with Crippen LogP contribution in [0.3, 0.4) is 0 Å². The summed E-state index contributed by atoms with van der Waals surface area (Å²) in [7, 11) is 1.44. The summed E-state index contributed by atoms with van der Waals surface area (Å²) >= 11 is 5.87. The molecule has 0 spiro atoms. The molecule has 9 heteroatoms. The van der Waals surface area contributed by atoms with Crippen LogP contribution >= 0.6 is 11.6 Å². The molecule has 0 radical (unpaired) electrons. The zero-order valence-electron chi connectivity index (χ0n) is 16.5. The summed E-state index contributed by atoms with van der Waals surface area (Å²) in [5, 5.41) is 25.4. The molecule has 0 heterocycles. The predicted molar refractivity (Wildman–Crippen MR) is 105 cm³/mol. The molecule has 28 heavy (non-hydrogen) atoms. The maximum absolute atomic E-state index is 12.9. The van der Waals surface area contributed by atoms with Gasteiger partial charge in [0.15, 0.2) is 5.60 Å². The van der Waals surface area contributed by atoms with Crippen LogP contribution in [0.5, 0.6) is 0 Å². The van der Waals surface area contributed by atoms with Gasteiger partial charge in [0.25, 0.3) is 5.91 Å². The molecule has 0 aromatic heterocycles. The highest BCUT2D eigenvalue weighted by Crippen LogP contribution is 2.27. The lowest BCUT2D eigenvalue weighted by Gasteiger charge is -2.34. The van der Waals surface area contributed by atoms with Crippen LogP contribution in [0, 0.1) is 11.8 Å². The van der Waals surface area contributed by atoms with Gasteiger partial charge in [0.05, 0.1) is 5.92 Å². The standard InChI is InChI=1S/C19H28ClN3O5/c1-11(2)10-19(27,12(3)16(24)23-28)18(26)22-15(17(25)21-4)9-13-5-7-14(20)8-6-13/h5-8,11-12,15,27-28H,9-10H2,1-4H3,(H,21,25)(H,22,26)(H,23,24). The van der Waals surface area contributed by atoms with Crippen molar-refractivity contribution in [3.63, 3.8) is 0 Å². The monoisotopic (exact) mass is 413 g/mol. The summed E-state index contributed by atoms with van der Waals surface area (Å²) in [5.41, 5.74) is 0.113. The number of carbonyl (C=O) groups is 3. The molecule has 3 unspecified atom stereocenters. The molecule has 1 aromatic rings. The van der Waals surface area contributed by atoms with Crippen LogP contribution in [0.4, 0.5) is 0 Å². The molecule has 0 saturated heterocycles. The van der Waals surface area contributed by atoms with Crippen molar-refractivity contribution in [3.8, 4) is 0 Å². The first-order valence-corrected chi connectivity index (χ1v) is 9.36. The SMILES string of the molecule is CNC(=O)C(Cc1ccc(Cl)cc1)NC(=O)C(O)(CC(C)C)C(C)C(=O)NO. The first kappa shape index (κ1) is 23.9. The Kier molecular flexibility index (Phi) is 8.87. The van der Waals surface area contributed by atoms with Gasteiger partial charge in [0.1, 0.15) is 6.04 Å². The molecule has 0 saturated carbocycles. The van der Waals surface area contributed by atoms with Crippen molar-refractivity contribution in [3.05, 3.63) is 34.9 Å². The highest BCUT2D eigenvalue weighted by Gasteiger charge is 2.46. The molecular formula is C19H28ClN3O5. The summed E-state index contributed by atoms with van der Waals surface area (Å²) in [4.78, 5) is 37.0. The van der Waals surface area contributed by atoms with Crippen LogP contribution in [-0.4, -0.2) is 46.7 Å². The molecule has 1 rings (SSSR count). The largest absolute Gasteiger partial charge is 0.379 e. The first-order chi connectivity index (χ1) is 13.0. The zero-order valence-corrected chi connectivity index (χ0v) is 17.2. The Bertz CT molecular complexity index is 695.